The van der Waals surface area contributed by atoms with Crippen LogP contribution in [0.1, 0.15) is 36.2 Å². The second-order valence-electron chi connectivity index (χ2n) is 5.66. The first kappa shape index (κ1) is 14.7. The van der Waals surface area contributed by atoms with Gasteiger partial charge in [0.25, 0.3) is 5.91 Å². The molecule has 0 bridgehead atoms. The minimum atomic E-state index is -0.195. The number of amides is 1. The van der Waals surface area contributed by atoms with Crippen LogP contribution < -0.4 is 5.32 Å². The van der Waals surface area contributed by atoms with Crippen molar-refractivity contribution in [3.05, 3.63) is 42.5 Å². The van der Waals surface area contributed by atoms with E-state index in [4.69, 9.17) is 0 Å². The fourth-order valence-electron chi connectivity index (χ4n) is 2.97. The molecule has 0 saturated heterocycles. The molecule has 1 saturated carbocycles. The van der Waals surface area contributed by atoms with Crippen molar-refractivity contribution in [2.24, 2.45) is 5.92 Å². The van der Waals surface area contributed by atoms with Gasteiger partial charge in [0.1, 0.15) is 5.69 Å². The number of hydrogen-bond donors (Lipinski definition) is 2. The Labute approximate surface area is 129 Å². The zero-order valence-corrected chi connectivity index (χ0v) is 12.4. The Bertz CT molecular complexity index is 627. The maximum Gasteiger partial charge on any atom is 0.270 e. The van der Waals surface area contributed by atoms with Gasteiger partial charge < -0.3 is 10.4 Å². The van der Waals surface area contributed by atoms with E-state index in [0.29, 0.717) is 5.69 Å². The number of aliphatic hydroxyl groups excluding tert-OH is 1. The average Bonchev–Trinajstić information content (AvgIpc) is 3.10. The SMILES string of the molecule is O=C(NC1CCCCC1CO)c1cc(-n2cccn2)ccn1. The van der Waals surface area contributed by atoms with Crippen LogP contribution in [0.25, 0.3) is 5.69 Å². The first-order valence-corrected chi connectivity index (χ1v) is 7.65. The third kappa shape index (κ3) is 3.17. The lowest BCUT2D eigenvalue weighted by atomic mass is 9.85. The van der Waals surface area contributed by atoms with Gasteiger partial charge in [-0.15, -0.1) is 0 Å². The number of aliphatic hydroxyl groups is 1. The average molecular weight is 300 g/mol. The fraction of sp³-hybridized carbons (Fsp3) is 0.438. The van der Waals surface area contributed by atoms with E-state index in [1.165, 1.54) is 0 Å². The van der Waals surface area contributed by atoms with Crippen LogP contribution in [-0.2, 0) is 0 Å². The van der Waals surface area contributed by atoms with Crippen molar-refractivity contribution in [2.75, 3.05) is 6.61 Å². The monoisotopic (exact) mass is 300 g/mol. The smallest absolute Gasteiger partial charge is 0.270 e. The molecule has 2 unspecified atom stereocenters. The van der Waals surface area contributed by atoms with Crippen molar-refractivity contribution in [2.45, 2.75) is 31.7 Å². The molecule has 116 valence electrons. The Morgan fingerprint density at radius 3 is 3.00 bits per heavy atom. The van der Waals surface area contributed by atoms with E-state index < -0.39 is 0 Å². The minimum absolute atomic E-state index is 0.0291. The van der Waals surface area contributed by atoms with Crippen molar-refractivity contribution in [3.8, 4) is 5.69 Å². The molecular weight excluding hydrogens is 280 g/mol. The van der Waals surface area contributed by atoms with Crippen molar-refractivity contribution < 1.29 is 9.90 Å². The molecule has 0 aliphatic heterocycles. The van der Waals surface area contributed by atoms with Crippen LogP contribution in [-0.4, -0.2) is 38.4 Å². The van der Waals surface area contributed by atoms with Crippen molar-refractivity contribution in [1.29, 1.82) is 0 Å². The molecule has 2 atom stereocenters. The molecule has 1 aliphatic rings. The number of rotatable bonds is 4. The Balaban J connectivity index is 1.73. The molecule has 0 radical (unpaired) electrons. The second kappa shape index (κ2) is 6.70. The van der Waals surface area contributed by atoms with Crippen molar-refractivity contribution in [3.63, 3.8) is 0 Å². The molecule has 1 fully saturated rings. The van der Waals surface area contributed by atoms with E-state index in [1.54, 1.807) is 29.2 Å². The van der Waals surface area contributed by atoms with Gasteiger partial charge in [0.15, 0.2) is 0 Å². The van der Waals surface area contributed by atoms with E-state index in [-0.39, 0.29) is 24.5 Å². The van der Waals surface area contributed by atoms with Crippen LogP contribution in [0.5, 0.6) is 0 Å². The van der Waals surface area contributed by atoms with Gasteiger partial charge in [0.05, 0.1) is 5.69 Å². The molecule has 6 heteroatoms. The van der Waals surface area contributed by atoms with E-state index in [2.05, 4.69) is 15.4 Å². The zero-order chi connectivity index (χ0) is 15.4. The van der Waals surface area contributed by atoms with Gasteiger partial charge in [-0.3, -0.25) is 9.78 Å². The molecular formula is C16H20N4O2. The molecule has 22 heavy (non-hydrogen) atoms. The molecule has 3 rings (SSSR count). The van der Waals surface area contributed by atoms with Gasteiger partial charge in [-0.05, 0) is 31.0 Å². The number of nitrogens with one attached hydrogen (secondary N) is 1. The molecule has 6 nitrogen and oxygen atoms in total. The highest BCUT2D eigenvalue weighted by atomic mass is 16.3. The molecule has 1 aliphatic carbocycles. The van der Waals surface area contributed by atoms with Gasteiger partial charge in [-0.2, -0.15) is 5.10 Å². The predicted molar refractivity (Wildman–Crippen MR) is 81.7 cm³/mol. The lowest BCUT2D eigenvalue weighted by Gasteiger charge is -2.30. The highest BCUT2D eigenvalue weighted by Gasteiger charge is 2.26. The van der Waals surface area contributed by atoms with E-state index >= 15 is 0 Å². The standard InChI is InChI=1S/C16H20N4O2/c21-11-12-4-1-2-5-14(12)19-16(22)15-10-13(6-8-17-15)20-9-3-7-18-20/h3,6-10,12,14,21H,1-2,4-5,11H2,(H,19,22). The topological polar surface area (TPSA) is 80.0 Å². The second-order valence-corrected chi connectivity index (χ2v) is 5.66. The Morgan fingerprint density at radius 1 is 1.36 bits per heavy atom. The third-order valence-electron chi connectivity index (χ3n) is 4.21. The molecule has 2 N–H and O–H groups in total. The quantitative estimate of drug-likeness (QED) is 0.898. The van der Waals surface area contributed by atoms with Crippen LogP contribution in [0.2, 0.25) is 0 Å². The van der Waals surface area contributed by atoms with E-state index in [9.17, 15) is 9.90 Å². The highest BCUT2D eigenvalue weighted by Crippen LogP contribution is 2.24. The van der Waals surface area contributed by atoms with E-state index in [1.807, 2.05) is 12.3 Å². The van der Waals surface area contributed by atoms with Gasteiger partial charge in [0.2, 0.25) is 0 Å². The molecule has 0 spiro atoms. The summed E-state index contributed by atoms with van der Waals surface area (Å²) in [6.07, 6.45) is 9.19. The lowest BCUT2D eigenvalue weighted by Crippen LogP contribution is -2.43. The van der Waals surface area contributed by atoms with Gasteiger partial charge in [-0.1, -0.05) is 12.8 Å². The summed E-state index contributed by atoms with van der Waals surface area (Å²) in [5.41, 5.74) is 1.17. The van der Waals surface area contributed by atoms with Gasteiger partial charge in [0, 0.05) is 37.2 Å². The van der Waals surface area contributed by atoms with Crippen LogP contribution in [0.15, 0.2) is 36.8 Å². The number of pyridine rings is 1. The molecule has 2 heterocycles. The lowest BCUT2D eigenvalue weighted by molar-refractivity contribution is 0.0867. The Kier molecular flexibility index (Phi) is 4.48. The summed E-state index contributed by atoms with van der Waals surface area (Å²) >= 11 is 0. The summed E-state index contributed by atoms with van der Waals surface area (Å²) in [6, 6.07) is 5.38. The summed E-state index contributed by atoms with van der Waals surface area (Å²) in [6.45, 7) is 0.117. The van der Waals surface area contributed by atoms with Crippen LogP contribution in [0.4, 0.5) is 0 Å². The molecule has 2 aromatic rings. The fourth-order valence-corrected chi connectivity index (χ4v) is 2.97. The number of aromatic nitrogens is 3. The van der Waals surface area contributed by atoms with Crippen LogP contribution in [0, 0.1) is 5.92 Å². The summed E-state index contributed by atoms with van der Waals surface area (Å²) < 4.78 is 1.69. The number of hydrogen-bond acceptors (Lipinski definition) is 4. The van der Waals surface area contributed by atoms with Crippen molar-refractivity contribution >= 4 is 5.91 Å². The normalized spacial score (nSPS) is 21.5. The van der Waals surface area contributed by atoms with Gasteiger partial charge >= 0.3 is 0 Å². The van der Waals surface area contributed by atoms with E-state index in [0.717, 1.165) is 31.4 Å². The van der Waals surface area contributed by atoms with Crippen LogP contribution in [0.3, 0.4) is 0 Å². The number of carbonyl (C=O) groups excluding carboxylic acids is 1. The predicted octanol–water partition coefficient (Wildman–Crippen LogP) is 1.55. The summed E-state index contributed by atoms with van der Waals surface area (Å²) in [7, 11) is 0. The highest BCUT2D eigenvalue weighted by molar-refractivity contribution is 5.92. The summed E-state index contributed by atoms with van der Waals surface area (Å²) in [4.78, 5) is 16.6. The minimum Gasteiger partial charge on any atom is -0.396 e. The molecule has 1 amide bonds. The Morgan fingerprint density at radius 2 is 2.23 bits per heavy atom. The van der Waals surface area contributed by atoms with Crippen LogP contribution >= 0.6 is 0 Å². The first-order chi connectivity index (χ1) is 10.8. The van der Waals surface area contributed by atoms with Crippen molar-refractivity contribution in [1.82, 2.24) is 20.1 Å². The molecule has 0 aromatic carbocycles. The third-order valence-corrected chi connectivity index (χ3v) is 4.21. The summed E-state index contributed by atoms with van der Waals surface area (Å²) in [5.74, 6) is -0.0497. The molecule has 2 aromatic heterocycles. The number of carbonyl (C=O) groups is 1. The maximum absolute atomic E-state index is 12.4. The zero-order valence-electron chi connectivity index (χ0n) is 12.4. The number of nitrogens with zero attached hydrogens (tertiary/aromatic N) is 3. The van der Waals surface area contributed by atoms with Gasteiger partial charge in [-0.25, -0.2) is 4.68 Å². The summed E-state index contributed by atoms with van der Waals surface area (Å²) in [5, 5.41) is 16.6. The Hall–Kier alpha value is -2.21. The first-order valence-electron chi connectivity index (χ1n) is 7.65. The maximum atomic E-state index is 12.4. The largest absolute Gasteiger partial charge is 0.396 e.